The lowest BCUT2D eigenvalue weighted by molar-refractivity contribution is -0.385. The molecule has 8 nitrogen and oxygen atoms in total. The van der Waals surface area contributed by atoms with E-state index < -0.39 is 16.2 Å². The number of hydrogen-bond acceptors (Lipinski definition) is 6. The van der Waals surface area contributed by atoms with Gasteiger partial charge in [0, 0.05) is 25.4 Å². The van der Waals surface area contributed by atoms with E-state index in [1.54, 1.807) is 23.1 Å². The fourth-order valence-electron chi connectivity index (χ4n) is 2.64. The molecule has 0 saturated carbocycles. The number of nitrogens with zero attached hydrogens (tertiary/aromatic N) is 4. The number of nitro groups is 1. The van der Waals surface area contributed by atoms with Crippen molar-refractivity contribution < 1.29 is 9.66 Å². The molecular weight excluding hydrogens is 288 g/mol. The Balaban J connectivity index is 2.25. The van der Waals surface area contributed by atoms with Crippen LogP contribution in [-0.2, 0) is 4.74 Å². The zero-order chi connectivity index (χ0) is 15.7. The number of hydrogen-bond donors (Lipinski definition) is 0. The van der Waals surface area contributed by atoms with E-state index in [0.29, 0.717) is 25.4 Å². The minimum absolute atomic E-state index is 0.0132. The number of pyridine rings is 1. The van der Waals surface area contributed by atoms with Crippen LogP contribution in [0.3, 0.4) is 0 Å². The van der Waals surface area contributed by atoms with E-state index in [0.717, 1.165) is 6.42 Å². The highest BCUT2D eigenvalue weighted by molar-refractivity contribution is 5.62. The molecule has 0 aliphatic carbocycles. The molecule has 0 unspecified atom stereocenters. The van der Waals surface area contributed by atoms with Gasteiger partial charge in [0.2, 0.25) is 5.82 Å². The van der Waals surface area contributed by atoms with E-state index >= 15 is 0 Å². The first-order valence-electron chi connectivity index (χ1n) is 7.10. The number of ether oxygens (including phenoxy) is 1. The molecule has 0 radical (unpaired) electrons. The highest BCUT2D eigenvalue weighted by Crippen LogP contribution is 2.26. The van der Waals surface area contributed by atoms with Crippen LogP contribution in [0.5, 0.6) is 0 Å². The molecule has 0 amide bonds. The Morgan fingerprint density at radius 2 is 2.23 bits per heavy atom. The van der Waals surface area contributed by atoms with E-state index in [1.165, 1.54) is 10.6 Å². The van der Waals surface area contributed by atoms with Crippen LogP contribution in [0.25, 0.3) is 5.65 Å². The average molecular weight is 304 g/mol. The maximum atomic E-state index is 12.4. The molecule has 8 heteroatoms. The number of aromatic nitrogens is 2. The highest BCUT2D eigenvalue weighted by Gasteiger charge is 2.30. The normalized spacial score (nSPS) is 19.1. The van der Waals surface area contributed by atoms with Crippen molar-refractivity contribution in [3.05, 3.63) is 44.9 Å². The molecule has 0 N–H and O–H groups in total. The molecular formula is C14H16N4O4. The topological polar surface area (TPSA) is 90.0 Å². The second kappa shape index (κ2) is 5.72. The fraction of sp³-hybridized carbons (Fsp3) is 0.429. The molecule has 1 atom stereocenters. The number of fused-ring (bicyclic) bond motifs is 1. The molecule has 2 aromatic heterocycles. The van der Waals surface area contributed by atoms with Gasteiger partial charge in [-0.2, -0.15) is 0 Å². The van der Waals surface area contributed by atoms with Gasteiger partial charge in [-0.25, -0.2) is 4.98 Å². The summed E-state index contributed by atoms with van der Waals surface area (Å²) >= 11 is 0. The van der Waals surface area contributed by atoms with Crippen molar-refractivity contribution in [1.82, 2.24) is 9.38 Å². The molecule has 22 heavy (non-hydrogen) atoms. The molecule has 1 fully saturated rings. The van der Waals surface area contributed by atoms with E-state index in [2.05, 4.69) is 4.98 Å². The quantitative estimate of drug-likeness (QED) is 0.612. The minimum atomic E-state index is -0.664. The van der Waals surface area contributed by atoms with Crippen molar-refractivity contribution in [1.29, 1.82) is 0 Å². The lowest BCUT2D eigenvalue weighted by Gasteiger charge is -2.27. The van der Waals surface area contributed by atoms with Crippen LogP contribution in [0.2, 0.25) is 0 Å². The Hall–Kier alpha value is -2.48. The van der Waals surface area contributed by atoms with Gasteiger partial charge in [0.15, 0.2) is 0 Å². The smallest absolute Gasteiger partial charge is 0.376 e. The van der Waals surface area contributed by atoms with Crippen LogP contribution < -0.4 is 10.5 Å². The molecule has 1 aliphatic rings. The number of anilines is 1. The second-order valence-corrected chi connectivity index (χ2v) is 5.22. The average Bonchev–Trinajstić information content (AvgIpc) is 2.71. The van der Waals surface area contributed by atoms with Gasteiger partial charge in [0.05, 0.1) is 11.5 Å². The summed E-state index contributed by atoms with van der Waals surface area (Å²) in [7, 11) is 0. The van der Waals surface area contributed by atoms with Gasteiger partial charge in [-0.15, -0.1) is 0 Å². The van der Waals surface area contributed by atoms with Crippen LogP contribution in [0.15, 0.2) is 29.2 Å². The molecule has 3 rings (SSSR count). The van der Waals surface area contributed by atoms with Gasteiger partial charge >= 0.3 is 11.2 Å². The van der Waals surface area contributed by atoms with Crippen LogP contribution in [0.1, 0.15) is 13.3 Å². The van der Waals surface area contributed by atoms with Gasteiger partial charge in [0.1, 0.15) is 5.65 Å². The SMILES string of the molecule is C[C@@H]1CCOCCN1c1nc2ccccn2c(=O)c1[N+](=O)[O-]. The largest absolute Gasteiger partial charge is 0.380 e. The molecule has 1 saturated heterocycles. The third-order valence-electron chi connectivity index (χ3n) is 3.84. The summed E-state index contributed by atoms with van der Waals surface area (Å²) in [4.78, 5) is 29.4. The van der Waals surface area contributed by atoms with Crippen molar-refractivity contribution in [2.45, 2.75) is 19.4 Å². The maximum absolute atomic E-state index is 12.4. The lowest BCUT2D eigenvalue weighted by atomic mass is 10.2. The van der Waals surface area contributed by atoms with Crippen LogP contribution in [-0.4, -0.2) is 40.1 Å². The first-order chi connectivity index (χ1) is 10.6. The van der Waals surface area contributed by atoms with Gasteiger partial charge in [-0.3, -0.25) is 19.3 Å². The fourth-order valence-corrected chi connectivity index (χ4v) is 2.64. The highest BCUT2D eigenvalue weighted by atomic mass is 16.6. The summed E-state index contributed by atoms with van der Waals surface area (Å²) in [6.45, 7) is 3.47. The third-order valence-corrected chi connectivity index (χ3v) is 3.84. The van der Waals surface area contributed by atoms with Gasteiger partial charge in [-0.1, -0.05) is 6.07 Å². The standard InChI is InChI=1S/C14H16N4O4/c1-10-5-8-22-9-7-16(10)13-12(18(20)21)14(19)17-6-3-2-4-11(17)15-13/h2-4,6,10H,5,7-9H2,1H3/t10-/m1/s1. The first kappa shape index (κ1) is 14.5. The van der Waals surface area contributed by atoms with Crippen molar-refractivity contribution >= 4 is 17.2 Å². The molecule has 0 spiro atoms. The Labute approximate surface area is 126 Å². The first-order valence-corrected chi connectivity index (χ1v) is 7.10. The lowest BCUT2D eigenvalue weighted by Crippen LogP contribution is -2.37. The summed E-state index contributed by atoms with van der Waals surface area (Å²) in [5, 5.41) is 11.4. The Morgan fingerprint density at radius 1 is 1.41 bits per heavy atom. The third kappa shape index (κ3) is 2.41. The Bertz CT molecular complexity index is 773. The molecule has 0 aromatic carbocycles. The zero-order valence-corrected chi connectivity index (χ0v) is 12.1. The van der Waals surface area contributed by atoms with Crippen LogP contribution in [0.4, 0.5) is 11.5 Å². The zero-order valence-electron chi connectivity index (χ0n) is 12.1. The summed E-state index contributed by atoms with van der Waals surface area (Å²) < 4.78 is 6.61. The van der Waals surface area contributed by atoms with E-state index in [-0.39, 0.29) is 11.9 Å². The van der Waals surface area contributed by atoms with Gasteiger partial charge in [0.25, 0.3) is 0 Å². The van der Waals surface area contributed by atoms with Crippen molar-refractivity contribution in [2.24, 2.45) is 0 Å². The Morgan fingerprint density at radius 3 is 3.00 bits per heavy atom. The van der Waals surface area contributed by atoms with Crippen molar-refractivity contribution in [2.75, 3.05) is 24.7 Å². The van der Waals surface area contributed by atoms with Crippen molar-refractivity contribution in [3.8, 4) is 0 Å². The monoisotopic (exact) mass is 304 g/mol. The molecule has 2 aromatic rings. The summed E-state index contributed by atoms with van der Waals surface area (Å²) in [6.07, 6.45) is 2.21. The predicted molar refractivity (Wildman–Crippen MR) is 80.4 cm³/mol. The molecule has 3 heterocycles. The predicted octanol–water partition coefficient (Wildman–Crippen LogP) is 1.22. The second-order valence-electron chi connectivity index (χ2n) is 5.22. The molecule has 116 valence electrons. The van der Waals surface area contributed by atoms with Gasteiger partial charge < -0.3 is 9.64 Å². The maximum Gasteiger partial charge on any atom is 0.376 e. The Kier molecular flexibility index (Phi) is 3.76. The van der Waals surface area contributed by atoms with Gasteiger partial charge in [-0.05, 0) is 25.5 Å². The van der Waals surface area contributed by atoms with Crippen LogP contribution in [0, 0.1) is 10.1 Å². The summed E-state index contributed by atoms with van der Waals surface area (Å²) in [6, 6.07) is 5.06. The van der Waals surface area contributed by atoms with E-state index in [9.17, 15) is 14.9 Å². The van der Waals surface area contributed by atoms with Crippen molar-refractivity contribution in [3.63, 3.8) is 0 Å². The van der Waals surface area contributed by atoms with E-state index in [4.69, 9.17) is 4.74 Å². The summed E-state index contributed by atoms with van der Waals surface area (Å²) in [5.74, 6) is 0.124. The molecule has 0 bridgehead atoms. The number of rotatable bonds is 2. The summed E-state index contributed by atoms with van der Waals surface area (Å²) in [5.41, 5.74) is -0.758. The van der Waals surface area contributed by atoms with Crippen LogP contribution >= 0.6 is 0 Å². The van der Waals surface area contributed by atoms with E-state index in [1.807, 2.05) is 6.92 Å². The minimum Gasteiger partial charge on any atom is -0.380 e. The molecule has 1 aliphatic heterocycles.